The van der Waals surface area contributed by atoms with Crippen molar-refractivity contribution >= 4 is 17.6 Å². The zero-order valence-electron chi connectivity index (χ0n) is 10.4. The minimum absolute atomic E-state index is 0.536. The molecule has 0 spiro atoms. The first-order valence-electron chi connectivity index (χ1n) is 6.23. The molecule has 0 radical (unpaired) electrons. The van der Waals surface area contributed by atoms with Crippen molar-refractivity contribution in [3.63, 3.8) is 0 Å². The number of hydrogen-bond donors (Lipinski definition) is 1. The first kappa shape index (κ1) is 13.2. The molecule has 1 unspecified atom stereocenters. The molecule has 4 heteroatoms. The van der Waals surface area contributed by atoms with Gasteiger partial charge < -0.3 is 9.84 Å². The standard InChI is InChI=1S/C14H17ClO3/c1-9(14(16)17)12-7-11(15)5-6-13(12)18-8-10-3-2-4-10/h5-7,9-10H,2-4,8H2,1H3,(H,16,17). The van der Waals surface area contributed by atoms with Crippen LogP contribution in [-0.2, 0) is 4.79 Å². The summed E-state index contributed by atoms with van der Waals surface area (Å²) in [6.45, 7) is 2.31. The number of aliphatic carboxylic acids is 1. The summed E-state index contributed by atoms with van der Waals surface area (Å²) >= 11 is 5.92. The molecule has 0 aromatic heterocycles. The minimum Gasteiger partial charge on any atom is -0.493 e. The predicted octanol–water partition coefficient (Wildman–Crippen LogP) is 3.71. The Morgan fingerprint density at radius 1 is 1.56 bits per heavy atom. The van der Waals surface area contributed by atoms with E-state index in [2.05, 4.69) is 0 Å². The summed E-state index contributed by atoms with van der Waals surface area (Å²) in [5, 5.41) is 9.62. The van der Waals surface area contributed by atoms with Crippen LogP contribution >= 0.6 is 11.6 Å². The van der Waals surface area contributed by atoms with E-state index in [1.54, 1.807) is 25.1 Å². The van der Waals surface area contributed by atoms with Crippen molar-refractivity contribution in [1.82, 2.24) is 0 Å². The molecule has 18 heavy (non-hydrogen) atoms. The van der Waals surface area contributed by atoms with Crippen LogP contribution < -0.4 is 4.74 Å². The van der Waals surface area contributed by atoms with Crippen molar-refractivity contribution in [3.05, 3.63) is 28.8 Å². The quantitative estimate of drug-likeness (QED) is 0.886. The van der Waals surface area contributed by atoms with Gasteiger partial charge in [0.05, 0.1) is 12.5 Å². The number of carboxylic acids is 1. The predicted molar refractivity (Wildman–Crippen MR) is 70.3 cm³/mol. The van der Waals surface area contributed by atoms with Crippen LogP contribution in [0.15, 0.2) is 18.2 Å². The highest BCUT2D eigenvalue weighted by molar-refractivity contribution is 6.30. The van der Waals surface area contributed by atoms with E-state index in [-0.39, 0.29) is 0 Å². The summed E-state index contributed by atoms with van der Waals surface area (Å²) in [7, 11) is 0. The van der Waals surface area contributed by atoms with Gasteiger partial charge in [0.2, 0.25) is 0 Å². The maximum absolute atomic E-state index is 11.1. The van der Waals surface area contributed by atoms with Crippen molar-refractivity contribution in [2.75, 3.05) is 6.61 Å². The van der Waals surface area contributed by atoms with Crippen LogP contribution in [0.3, 0.4) is 0 Å². The van der Waals surface area contributed by atoms with Gasteiger partial charge in [-0.05, 0) is 43.9 Å². The largest absolute Gasteiger partial charge is 0.493 e. The molecule has 0 heterocycles. The van der Waals surface area contributed by atoms with E-state index in [1.165, 1.54) is 19.3 Å². The van der Waals surface area contributed by atoms with Gasteiger partial charge in [-0.1, -0.05) is 18.0 Å². The van der Waals surface area contributed by atoms with Crippen molar-refractivity contribution in [2.45, 2.75) is 32.1 Å². The lowest BCUT2D eigenvalue weighted by molar-refractivity contribution is -0.138. The molecule has 1 saturated carbocycles. The van der Waals surface area contributed by atoms with E-state index in [0.29, 0.717) is 28.9 Å². The molecule has 1 aliphatic carbocycles. The first-order chi connectivity index (χ1) is 8.58. The Morgan fingerprint density at radius 3 is 2.83 bits per heavy atom. The molecule has 1 N–H and O–H groups in total. The van der Waals surface area contributed by atoms with Crippen molar-refractivity contribution < 1.29 is 14.6 Å². The average molecular weight is 269 g/mol. The lowest BCUT2D eigenvalue weighted by Gasteiger charge is -2.26. The molecule has 1 fully saturated rings. The zero-order valence-corrected chi connectivity index (χ0v) is 11.1. The first-order valence-corrected chi connectivity index (χ1v) is 6.60. The van der Waals surface area contributed by atoms with Gasteiger partial charge in [0, 0.05) is 10.6 Å². The number of carbonyl (C=O) groups is 1. The van der Waals surface area contributed by atoms with E-state index in [9.17, 15) is 4.79 Å². The lowest BCUT2D eigenvalue weighted by Crippen LogP contribution is -2.20. The number of rotatable bonds is 5. The molecule has 3 nitrogen and oxygen atoms in total. The van der Waals surface area contributed by atoms with Crippen LogP contribution in [-0.4, -0.2) is 17.7 Å². The van der Waals surface area contributed by atoms with Crippen LogP contribution in [0.1, 0.15) is 37.7 Å². The van der Waals surface area contributed by atoms with E-state index < -0.39 is 11.9 Å². The van der Waals surface area contributed by atoms with Crippen LogP contribution in [0.25, 0.3) is 0 Å². The van der Waals surface area contributed by atoms with Crippen molar-refractivity contribution in [3.8, 4) is 5.75 Å². The van der Waals surface area contributed by atoms with Gasteiger partial charge in [-0.2, -0.15) is 0 Å². The van der Waals surface area contributed by atoms with Crippen molar-refractivity contribution in [2.24, 2.45) is 5.92 Å². The molecular formula is C14H17ClO3. The number of halogens is 1. The summed E-state index contributed by atoms with van der Waals surface area (Å²) < 4.78 is 5.75. The Kier molecular flexibility index (Phi) is 4.12. The summed E-state index contributed by atoms with van der Waals surface area (Å²) in [5.41, 5.74) is 0.648. The molecule has 1 atom stereocenters. The molecule has 2 rings (SSSR count). The molecular weight excluding hydrogens is 252 g/mol. The molecule has 0 saturated heterocycles. The Balaban J connectivity index is 2.13. The molecule has 0 bridgehead atoms. The highest BCUT2D eigenvalue weighted by Crippen LogP contribution is 2.32. The number of hydrogen-bond acceptors (Lipinski definition) is 2. The Morgan fingerprint density at radius 2 is 2.28 bits per heavy atom. The Labute approximate surface area is 112 Å². The van der Waals surface area contributed by atoms with E-state index in [1.807, 2.05) is 0 Å². The normalized spacial score (nSPS) is 17.0. The molecule has 1 aromatic rings. The van der Waals surface area contributed by atoms with E-state index in [4.69, 9.17) is 21.4 Å². The highest BCUT2D eigenvalue weighted by atomic mass is 35.5. The number of ether oxygens (including phenoxy) is 1. The number of carboxylic acid groups (broad SMARTS) is 1. The number of benzene rings is 1. The fourth-order valence-electron chi connectivity index (χ4n) is 1.99. The molecule has 1 aliphatic rings. The molecule has 98 valence electrons. The van der Waals surface area contributed by atoms with Gasteiger partial charge in [-0.3, -0.25) is 4.79 Å². The second-order valence-electron chi connectivity index (χ2n) is 4.85. The van der Waals surface area contributed by atoms with Crippen LogP contribution in [0.4, 0.5) is 0 Å². The third kappa shape index (κ3) is 2.96. The fourth-order valence-corrected chi connectivity index (χ4v) is 2.17. The maximum Gasteiger partial charge on any atom is 0.310 e. The second-order valence-corrected chi connectivity index (χ2v) is 5.29. The smallest absolute Gasteiger partial charge is 0.310 e. The van der Waals surface area contributed by atoms with Gasteiger partial charge in [-0.15, -0.1) is 0 Å². The maximum atomic E-state index is 11.1. The van der Waals surface area contributed by atoms with Gasteiger partial charge in [-0.25, -0.2) is 0 Å². The molecule has 0 aliphatic heterocycles. The zero-order chi connectivity index (χ0) is 13.1. The summed E-state index contributed by atoms with van der Waals surface area (Å²) in [5.74, 6) is -0.222. The molecule has 0 amide bonds. The Bertz CT molecular complexity index is 441. The minimum atomic E-state index is -0.870. The van der Waals surface area contributed by atoms with E-state index >= 15 is 0 Å². The summed E-state index contributed by atoms with van der Waals surface area (Å²) in [4.78, 5) is 11.1. The monoisotopic (exact) mass is 268 g/mol. The van der Waals surface area contributed by atoms with Crippen LogP contribution in [0, 0.1) is 5.92 Å². The van der Waals surface area contributed by atoms with Crippen LogP contribution in [0.2, 0.25) is 5.02 Å². The topological polar surface area (TPSA) is 46.5 Å². The SMILES string of the molecule is CC(C(=O)O)c1cc(Cl)ccc1OCC1CCC1. The van der Waals surface area contributed by atoms with E-state index in [0.717, 1.165) is 0 Å². The van der Waals surface area contributed by atoms with Gasteiger partial charge in [0.1, 0.15) is 5.75 Å². The molecule has 1 aromatic carbocycles. The fraction of sp³-hybridized carbons (Fsp3) is 0.500. The van der Waals surface area contributed by atoms with Gasteiger partial charge >= 0.3 is 5.97 Å². The highest BCUT2D eigenvalue weighted by Gasteiger charge is 2.21. The Hall–Kier alpha value is -1.22. The van der Waals surface area contributed by atoms with Crippen molar-refractivity contribution in [1.29, 1.82) is 0 Å². The van der Waals surface area contributed by atoms with Crippen LogP contribution in [0.5, 0.6) is 5.75 Å². The van der Waals surface area contributed by atoms with Gasteiger partial charge in [0.15, 0.2) is 0 Å². The third-order valence-electron chi connectivity index (χ3n) is 3.51. The summed E-state index contributed by atoms with van der Waals surface area (Å²) in [6, 6.07) is 5.17. The summed E-state index contributed by atoms with van der Waals surface area (Å²) in [6.07, 6.45) is 3.68. The average Bonchev–Trinajstić information content (AvgIpc) is 2.27. The van der Waals surface area contributed by atoms with Gasteiger partial charge in [0.25, 0.3) is 0 Å². The lowest BCUT2D eigenvalue weighted by atomic mass is 9.86. The second kappa shape index (κ2) is 5.61. The third-order valence-corrected chi connectivity index (χ3v) is 3.74.